The van der Waals surface area contributed by atoms with Gasteiger partial charge in [-0.25, -0.2) is 8.42 Å². The smallest absolute Gasteiger partial charge is 0.154 e. The minimum absolute atomic E-state index is 0.0481. The van der Waals surface area contributed by atoms with Crippen LogP contribution in [-0.2, 0) is 14.6 Å². The molecular formula is C6H15NO4S. The van der Waals surface area contributed by atoms with Crippen molar-refractivity contribution in [2.75, 3.05) is 37.9 Å². The van der Waals surface area contributed by atoms with Crippen LogP contribution in [0.2, 0.25) is 0 Å². The van der Waals surface area contributed by atoms with E-state index in [1.54, 1.807) is 0 Å². The number of sulfone groups is 1. The maximum Gasteiger partial charge on any atom is 0.154 e. The van der Waals surface area contributed by atoms with Gasteiger partial charge in [0.05, 0.1) is 31.3 Å². The van der Waals surface area contributed by atoms with Gasteiger partial charge >= 0.3 is 0 Å². The van der Waals surface area contributed by atoms with Crippen LogP contribution in [0.5, 0.6) is 0 Å². The van der Waals surface area contributed by atoms with Crippen LogP contribution in [0.15, 0.2) is 0 Å². The van der Waals surface area contributed by atoms with Gasteiger partial charge in [-0.05, 0) is 0 Å². The van der Waals surface area contributed by atoms with E-state index in [2.05, 4.69) is 0 Å². The van der Waals surface area contributed by atoms with Gasteiger partial charge in [-0.1, -0.05) is 0 Å². The van der Waals surface area contributed by atoms with Crippen LogP contribution in [0, 0.1) is 0 Å². The molecule has 0 aliphatic heterocycles. The zero-order valence-electron chi connectivity index (χ0n) is 6.90. The zero-order valence-corrected chi connectivity index (χ0v) is 7.72. The first-order chi connectivity index (χ1) is 5.62. The molecule has 0 saturated carbocycles. The summed E-state index contributed by atoms with van der Waals surface area (Å²) in [6, 6.07) is 0. The van der Waals surface area contributed by atoms with Crippen LogP contribution in [0.3, 0.4) is 0 Å². The van der Waals surface area contributed by atoms with E-state index in [1.165, 1.54) is 0 Å². The molecule has 0 aliphatic rings. The Morgan fingerprint density at radius 2 is 1.92 bits per heavy atom. The summed E-state index contributed by atoms with van der Waals surface area (Å²) in [7, 11) is -3.13. The third kappa shape index (κ3) is 6.53. The van der Waals surface area contributed by atoms with Crippen LogP contribution in [0.1, 0.15) is 0 Å². The van der Waals surface area contributed by atoms with Crippen molar-refractivity contribution in [1.82, 2.24) is 0 Å². The SMILES string of the molecule is NCCOCCS(=O)(=O)CCO. The molecule has 0 rings (SSSR count). The maximum absolute atomic E-state index is 10.9. The Hall–Kier alpha value is -0.170. The average Bonchev–Trinajstić information content (AvgIpc) is 1.98. The Bertz CT molecular complexity index is 190. The summed E-state index contributed by atoms with van der Waals surface area (Å²) < 4.78 is 26.7. The normalized spacial score (nSPS) is 11.8. The third-order valence-corrected chi connectivity index (χ3v) is 2.80. The lowest BCUT2D eigenvalue weighted by molar-refractivity contribution is 0.157. The molecule has 0 aromatic carbocycles. The monoisotopic (exact) mass is 197 g/mol. The Labute approximate surface area is 72.4 Å². The van der Waals surface area contributed by atoms with Crippen molar-refractivity contribution in [2.45, 2.75) is 0 Å². The van der Waals surface area contributed by atoms with E-state index < -0.39 is 9.84 Å². The molecule has 6 heteroatoms. The molecule has 5 nitrogen and oxygen atoms in total. The Balaban J connectivity index is 3.48. The minimum Gasteiger partial charge on any atom is -0.395 e. The lowest BCUT2D eigenvalue weighted by atomic mass is 10.7. The van der Waals surface area contributed by atoms with Gasteiger partial charge in [0.1, 0.15) is 0 Å². The topological polar surface area (TPSA) is 89.6 Å². The van der Waals surface area contributed by atoms with E-state index in [0.29, 0.717) is 13.2 Å². The van der Waals surface area contributed by atoms with Crippen LogP contribution >= 0.6 is 0 Å². The predicted molar refractivity (Wildman–Crippen MR) is 45.6 cm³/mol. The molecule has 12 heavy (non-hydrogen) atoms. The third-order valence-electron chi connectivity index (χ3n) is 1.20. The summed E-state index contributed by atoms with van der Waals surface area (Å²) in [5.41, 5.74) is 5.12. The fourth-order valence-electron chi connectivity index (χ4n) is 0.612. The van der Waals surface area contributed by atoms with E-state index in [1.807, 2.05) is 0 Å². The molecule has 0 radical (unpaired) electrons. The lowest BCUT2D eigenvalue weighted by Gasteiger charge is -2.02. The standard InChI is InChI=1S/C6H15NO4S/c7-1-3-11-4-6-12(9,10)5-2-8/h8H,1-7H2. The number of aliphatic hydroxyl groups excluding tert-OH is 1. The van der Waals surface area contributed by atoms with Gasteiger partial charge < -0.3 is 15.6 Å². The molecule has 0 unspecified atom stereocenters. The highest BCUT2D eigenvalue weighted by atomic mass is 32.2. The van der Waals surface area contributed by atoms with Crippen molar-refractivity contribution in [3.8, 4) is 0 Å². The predicted octanol–water partition coefficient (Wildman–Crippen LogP) is -1.63. The second kappa shape index (κ2) is 6.36. The van der Waals surface area contributed by atoms with Crippen molar-refractivity contribution in [3.05, 3.63) is 0 Å². The number of rotatable bonds is 7. The highest BCUT2D eigenvalue weighted by Gasteiger charge is 2.08. The Morgan fingerprint density at radius 3 is 2.42 bits per heavy atom. The van der Waals surface area contributed by atoms with Crippen molar-refractivity contribution in [1.29, 1.82) is 0 Å². The largest absolute Gasteiger partial charge is 0.395 e. The van der Waals surface area contributed by atoms with E-state index in [4.69, 9.17) is 15.6 Å². The van der Waals surface area contributed by atoms with Crippen LogP contribution in [-0.4, -0.2) is 51.4 Å². The van der Waals surface area contributed by atoms with Crippen LogP contribution in [0.25, 0.3) is 0 Å². The molecule has 0 aromatic rings. The second-order valence-electron chi connectivity index (χ2n) is 2.28. The molecule has 0 amide bonds. The molecular weight excluding hydrogens is 182 g/mol. The van der Waals surface area contributed by atoms with Crippen molar-refractivity contribution in [2.24, 2.45) is 5.73 Å². The molecule has 3 N–H and O–H groups in total. The van der Waals surface area contributed by atoms with Crippen LogP contribution < -0.4 is 5.73 Å². The Kier molecular flexibility index (Phi) is 6.27. The van der Waals surface area contributed by atoms with E-state index >= 15 is 0 Å². The number of hydrogen-bond acceptors (Lipinski definition) is 5. The second-order valence-corrected chi connectivity index (χ2v) is 4.58. The number of ether oxygens (including phenoxy) is 1. The quantitative estimate of drug-likeness (QED) is 0.478. The van der Waals surface area contributed by atoms with Crippen LogP contribution in [0.4, 0.5) is 0 Å². The molecule has 0 heterocycles. The van der Waals surface area contributed by atoms with E-state index in [0.717, 1.165) is 0 Å². The molecule has 0 bridgehead atoms. The molecule has 0 atom stereocenters. The molecule has 0 aliphatic carbocycles. The Morgan fingerprint density at radius 1 is 1.25 bits per heavy atom. The summed E-state index contributed by atoms with van der Waals surface area (Å²) in [5, 5.41) is 8.36. The van der Waals surface area contributed by atoms with Gasteiger partial charge in [0.25, 0.3) is 0 Å². The summed E-state index contributed by atoms with van der Waals surface area (Å²) in [6.07, 6.45) is 0. The van der Waals surface area contributed by atoms with Gasteiger partial charge in [0.15, 0.2) is 9.84 Å². The average molecular weight is 197 g/mol. The lowest BCUT2D eigenvalue weighted by Crippen LogP contribution is -2.19. The van der Waals surface area contributed by atoms with E-state index in [9.17, 15) is 8.42 Å². The van der Waals surface area contributed by atoms with Gasteiger partial charge in [-0.15, -0.1) is 0 Å². The van der Waals surface area contributed by atoms with Crippen molar-refractivity contribution < 1.29 is 18.3 Å². The molecule has 0 saturated heterocycles. The van der Waals surface area contributed by atoms with Gasteiger partial charge in [0.2, 0.25) is 0 Å². The van der Waals surface area contributed by atoms with Gasteiger partial charge in [0, 0.05) is 6.54 Å². The highest BCUT2D eigenvalue weighted by Crippen LogP contribution is 1.89. The fourth-order valence-corrected chi connectivity index (χ4v) is 1.47. The number of aliphatic hydroxyl groups is 1. The van der Waals surface area contributed by atoms with Gasteiger partial charge in [-0.3, -0.25) is 0 Å². The van der Waals surface area contributed by atoms with Crippen molar-refractivity contribution >= 4 is 9.84 Å². The molecule has 0 fully saturated rings. The zero-order chi connectivity index (χ0) is 9.45. The summed E-state index contributed by atoms with van der Waals surface area (Å²) >= 11 is 0. The molecule has 74 valence electrons. The van der Waals surface area contributed by atoms with Gasteiger partial charge in [-0.2, -0.15) is 0 Å². The first-order valence-corrected chi connectivity index (χ1v) is 5.53. The molecule has 0 aromatic heterocycles. The summed E-state index contributed by atoms with van der Waals surface area (Å²) in [5.74, 6) is -0.244. The van der Waals surface area contributed by atoms with Crippen molar-refractivity contribution in [3.63, 3.8) is 0 Å². The minimum atomic E-state index is -3.13. The highest BCUT2D eigenvalue weighted by molar-refractivity contribution is 7.91. The number of nitrogens with two attached hydrogens (primary N) is 1. The summed E-state index contributed by atoms with van der Waals surface area (Å²) in [4.78, 5) is 0. The first kappa shape index (κ1) is 11.8. The fraction of sp³-hybridized carbons (Fsp3) is 1.00. The van der Waals surface area contributed by atoms with E-state index in [-0.39, 0.29) is 24.7 Å². The maximum atomic E-state index is 10.9. The molecule has 0 spiro atoms. The number of hydrogen-bond donors (Lipinski definition) is 2. The summed E-state index contributed by atoms with van der Waals surface area (Å²) in [6.45, 7) is 0.577. The first-order valence-electron chi connectivity index (χ1n) is 3.71.